The van der Waals surface area contributed by atoms with E-state index in [9.17, 15) is 9.59 Å². The Morgan fingerprint density at radius 2 is 1.96 bits per heavy atom. The van der Waals surface area contributed by atoms with Gasteiger partial charge in [0, 0.05) is 19.0 Å². The minimum absolute atomic E-state index is 0.0123. The Kier molecular flexibility index (Phi) is 7.59. The van der Waals surface area contributed by atoms with Gasteiger partial charge in [0.25, 0.3) is 0 Å². The van der Waals surface area contributed by atoms with Gasteiger partial charge < -0.3 is 15.0 Å². The first-order valence-electron chi connectivity index (χ1n) is 8.11. The summed E-state index contributed by atoms with van der Waals surface area (Å²) < 4.78 is 5.22. The number of benzene rings is 1. The van der Waals surface area contributed by atoms with Crippen LogP contribution in [0.25, 0.3) is 0 Å². The maximum atomic E-state index is 12.4. The van der Waals surface area contributed by atoms with Gasteiger partial charge in [-0.05, 0) is 44.9 Å². The van der Waals surface area contributed by atoms with Crippen LogP contribution in [-0.4, -0.2) is 35.9 Å². The van der Waals surface area contributed by atoms with Gasteiger partial charge in [-0.2, -0.15) is 0 Å². The Bertz CT molecular complexity index is 529. The molecule has 1 atom stereocenters. The Morgan fingerprint density at radius 3 is 2.52 bits per heavy atom. The summed E-state index contributed by atoms with van der Waals surface area (Å²) in [6.07, 6.45) is 1.19. The summed E-state index contributed by atoms with van der Waals surface area (Å²) >= 11 is 0. The molecule has 1 aromatic rings. The first-order valence-corrected chi connectivity index (χ1v) is 8.11. The molecule has 0 heterocycles. The topological polar surface area (TPSA) is 58.6 Å². The summed E-state index contributed by atoms with van der Waals surface area (Å²) in [6, 6.07) is 7.10. The average Bonchev–Trinajstić information content (AvgIpc) is 2.51. The third kappa shape index (κ3) is 5.93. The molecule has 5 heteroatoms. The molecule has 1 unspecified atom stereocenters. The SMILES string of the molecule is CCCC(=O)N(Cc1cccc(OC)c1)C(C)C(=O)NC(C)C. The number of hydrogen-bond acceptors (Lipinski definition) is 3. The Hall–Kier alpha value is -2.04. The largest absolute Gasteiger partial charge is 0.497 e. The van der Waals surface area contributed by atoms with Crippen molar-refractivity contribution >= 4 is 11.8 Å². The first kappa shape index (κ1) is 19.0. The van der Waals surface area contributed by atoms with E-state index in [4.69, 9.17) is 4.74 Å². The highest BCUT2D eigenvalue weighted by Crippen LogP contribution is 2.17. The lowest BCUT2D eigenvalue weighted by atomic mass is 10.1. The van der Waals surface area contributed by atoms with E-state index in [0.29, 0.717) is 13.0 Å². The van der Waals surface area contributed by atoms with Gasteiger partial charge in [0.15, 0.2) is 0 Å². The smallest absolute Gasteiger partial charge is 0.242 e. The molecule has 1 N–H and O–H groups in total. The molecular weight excluding hydrogens is 292 g/mol. The van der Waals surface area contributed by atoms with E-state index in [1.54, 1.807) is 18.9 Å². The van der Waals surface area contributed by atoms with Crippen LogP contribution in [0.15, 0.2) is 24.3 Å². The van der Waals surface area contributed by atoms with Crippen LogP contribution >= 0.6 is 0 Å². The van der Waals surface area contributed by atoms with Crippen LogP contribution in [-0.2, 0) is 16.1 Å². The van der Waals surface area contributed by atoms with Gasteiger partial charge in [-0.25, -0.2) is 0 Å². The zero-order chi connectivity index (χ0) is 17.4. The summed E-state index contributed by atoms with van der Waals surface area (Å²) in [5.74, 6) is 0.596. The van der Waals surface area contributed by atoms with Crippen LogP contribution in [0, 0.1) is 0 Å². The molecule has 0 aliphatic carbocycles. The van der Waals surface area contributed by atoms with E-state index < -0.39 is 6.04 Å². The van der Waals surface area contributed by atoms with Crippen molar-refractivity contribution in [2.45, 2.75) is 59.2 Å². The Labute approximate surface area is 139 Å². The van der Waals surface area contributed by atoms with Crippen LogP contribution in [0.4, 0.5) is 0 Å². The second-order valence-electron chi connectivity index (χ2n) is 5.96. The van der Waals surface area contributed by atoms with Crippen molar-refractivity contribution in [2.75, 3.05) is 7.11 Å². The minimum Gasteiger partial charge on any atom is -0.497 e. The highest BCUT2D eigenvalue weighted by Gasteiger charge is 2.25. The van der Waals surface area contributed by atoms with Crippen molar-refractivity contribution in [1.29, 1.82) is 0 Å². The van der Waals surface area contributed by atoms with E-state index >= 15 is 0 Å². The van der Waals surface area contributed by atoms with Crippen molar-refractivity contribution in [3.8, 4) is 5.75 Å². The van der Waals surface area contributed by atoms with E-state index in [1.807, 2.05) is 45.0 Å². The Balaban J connectivity index is 2.95. The van der Waals surface area contributed by atoms with E-state index in [0.717, 1.165) is 17.7 Å². The lowest BCUT2D eigenvalue weighted by Gasteiger charge is -2.29. The summed E-state index contributed by atoms with van der Waals surface area (Å²) in [5.41, 5.74) is 0.943. The monoisotopic (exact) mass is 320 g/mol. The van der Waals surface area contributed by atoms with Crippen LogP contribution in [0.5, 0.6) is 5.75 Å². The molecule has 1 aromatic carbocycles. The highest BCUT2D eigenvalue weighted by atomic mass is 16.5. The second kappa shape index (κ2) is 9.18. The molecule has 0 aliphatic heterocycles. The number of ether oxygens (including phenoxy) is 1. The maximum Gasteiger partial charge on any atom is 0.242 e. The number of amides is 2. The molecular formula is C18H28N2O3. The maximum absolute atomic E-state index is 12.4. The molecule has 0 saturated carbocycles. The lowest BCUT2D eigenvalue weighted by Crippen LogP contribution is -2.49. The van der Waals surface area contributed by atoms with Gasteiger partial charge in [-0.3, -0.25) is 9.59 Å². The zero-order valence-electron chi connectivity index (χ0n) is 14.8. The van der Waals surface area contributed by atoms with Crippen molar-refractivity contribution in [3.63, 3.8) is 0 Å². The molecule has 0 saturated heterocycles. The number of carbonyl (C=O) groups is 2. The standard InChI is InChI=1S/C18H28N2O3/c1-6-8-17(21)20(14(4)18(22)19-13(2)3)12-15-9-7-10-16(11-15)23-5/h7,9-11,13-14H,6,8,12H2,1-5H3,(H,19,22). The van der Waals surface area contributed by atoms with Gasteiger partial charge in [-0.15, -0.1) is 0 Å². The number of methoxy groups -OCH3 is 1. The fraction of sp³-hybridized carbons (Fsp3) is 0.556. The highest BCUT2D eigenvalue weighted by molar-refractivity contribution is 5.87. The van der Waals surface area contributed by atoms with Crippen molar-refractivity contribution in [3.05, 3.63) is 29.8 Å². The van der Waals surface area contributed by atoms with Gasteiger partial charge in [0.2, 0.25) is 11.8 Å². The van der Waals surface area contributed by atoms with Crippen LogP contribution in [0.3, 0.4) is 0 Å². The van der Waals surface area contributed by atoms with Crippen LogP contribution < -0.4 is 10.1 Å². The molecule has 0 aromatic heterocycles. The number of nitrogens with zero attached hydrogens (tertiary/aromatic N) is 1. The summed E-state index contributed by atoms with van der Waals surface area (Å²) in [7, 11) is 1.61. The molecule has 128 valence electrons. The molecule has 0 fully saturated rings. The van der Waals surface area contributed by atoms with Crippen molar-refractivity contribution in [1.82, 2.24) is 10.2 Å². The van der Waals surface area contributed by atoms with E-state index in [1.165, 1.54) is 0 Å². The summed E-state index contributed by atoms with van der Waals surface area (Å²) in [5, 5.41) is 2.87. The number of nitrogens with one attached hydrogen (secondary N) is 1. The average molecular weight is 320 g/mol. The zero-order valence-corrected chi connectivity index (χ0v) is 14.8. The molecule has 5 nitrogen and oxygen atoms in total. The normalized spacial score (nSPS) is 11.9. The van der Waals surface area contributed by atoms with Gasteiger partial charge in [-0.1, -0.05) is 19.1 Å². The fourth-order valence-electron chi connectivity index (χ4n) is 2.31. The van der Waals surface area contributed by atoms with Gasteiger partial charge >= 0.3 is 0 Å². The van der Waals surface area contributed by atoms with Gasteiger partial charge in [0.1, 0.15) is 11.8 Å². The van der Waals surface area contributed by atoms with Crippen LogP contribution in [0.2, 0.25) is 0 Å². The van der Waals surface area contributed by atoms with E-state index in [2.05, 4.69) is 5.32 Å². The fourth-order valence-corrected chi connectivity index (χ4v) is 2.31. The number of rotatable bonds is 8. The molecule has 23 heavy (non-hydrogen) atoms. The predicted octanol–water partition coefficient (Wildman–Crippen LogP) is 2.74. The third-order valence-electron chi connectivity index (χ3n) is 3.55. The molecule has 0 bridgehead atoms. The van der Waals surface area contributed by atoms with E-state index in [-0.39, 0.29) is 17.9 Å². The molecule has 0 aliphatic rings. The molecule has 1 rings (SSSR count). The molecule has 2 amide bonds. The quantitative estimate of drug-likeness (QED) is 0.801. The molecule has 0 radical (unpaired) electrons. The van der Waals surface area contributed by atoms with Gasteiger partial charge in [0.05, 0.1) is 7.11 Å². The van der Waals surface area contributed by atoms with Crippen molar-refractivity contribution in [2.24, 2.45) is 0 Å². The first-order chi connectivity index (χ1) is 10.9. The van der Waals surface area contributed by atoms with Crippen LogP contribution in [0.1, 0.15) is 46.1 Å². The Morgan fingerprint density at radius 1 is 1.26 bits per heavy atom. The second-order valence-corrected chi connectivity index (χ2v) is 5.96. The number of carbonyl (C=O) groups excluding carboxylic acids is 2. The third-order valence-corrected chi connectivity index (χ3v) is 3.55. The summed E-state index contributed by atoms with van der Waals surface area (Å²) in [4.78, 5) is 26.4. The number of hydrogen-bond donors (Lipinski definition) is 1. The minimum atomic E-state index is -0.511. The molecule has 0 spiro atoms. The van der Waals surface area contributed by atoms with Crippen molar-refractivity contribution < 1.29 is 14.3 Å². The predicted molar refractivity (Wildman–Crippen MR) is 91.2 cm³/mol. The lowest BCUT2D eigenvalue weighted by molar-refractivity contribution is -0.140. The summed E-state index contributed by atoms with van der Waals surface area (Å²) in [6.45, 7) is 7.93.